The third kappa shape index (κ3) is 8.00. The third-order valence-electron chi connectivity index (χ3n) is 6.03. The minimum atomic E-state index is -5.04. The number of fused-ring (bicyclic) bond motifs is 1. The number of hydrogen-bond donors (Lipinski definition) is 3. The summed E-state index contributed by atoms with van der Waals surface area (Å²) in [6, 6.07) is 2.52. The molecule has 3 N–H and O–H groups in total. The topological polar surface area (TPSA) is 104 Å². The predicted molar refractivity (Wildman–Crippen MR) is 136 cm³/mol. The van der Waals surface area contributed by atoms with Gasteiger partial charge in [0, 0.05) is 18.0 Å². The van der Waals surface area contributed by atoms with Gasteiger partial charge in [-0.1, -0.05) is 13.8 Å². The van der Waals surface area contributed by atoms with E-state index >= 15 is 0 Å². The first-order valence-electron chi connectivity index (χ1n) is 12.3. The first-order valence-corrected chi connectivity index (χ1v) is 14.6. The predicted octanol–water partition coefficient (Wildman–Crippen LogP) is 4.41. The van der Waals surface area contributed by atoms with Gasteiger partial charge < -0.3 is 10.6 Å². The molecule has 13 heteroatoms. The van der Waals surface area contributed by atoms with Crippen LogP contribution in [-0.4, -0.2) is 39.4 Å². The number of thiophene rings is 1. The maximum atomic E-state index is 13.3. The van der Waals surface area contributed by atoms with E-state index in [2.05, 4.69) is 15.4 Å². The number of halogens is 4. The highest BCUT2D eigenvalue weighted by Crippen LogP contribution is 2.34. The molecule has 1 aromatic heterocycles. The van der Waals surface area contributed by atoms with Gasteiger partial charge in [-0.3, -0.25) is 9.59 Å². The molecule has 1 aliphatic rings. The molecule has 7 nitrogen and oxygen atoms in total. The zero-order chi connectivity index (χ0) is 28.1. The van der Waals surface area contributed by atoms with E-state index < -0.39 is 38.5 Å². The van der Waals surface area contributed by atoms with Crippen molar-refractivity contribution < 1.29 is 35.6 Å². The van der Waals surface area contributed by atoms with Crippen molar-refractivity contribution in [1.82, 2.24) is 15.4 Å². The largest absolute Gasteiger partial charge is 0.417 e. The van der Waals surface area contributed by atoms with Crippen molar-refractivity contribution >= 4 is 33.2 Å². The number of nitrogens with one attached hydrogen (secondary N) is 3. The Morgan fingerprint density at radius 2 is 1.79 bits per heavy atom. The lowest BCUT2D eigenvalue weighted by Gasteiger charge is -2.20. The van der Waals surface area contributed by atoms with Crippen LogP contribution in [0.2, 0.25) is 0 Å². The van der Waals surface area contributed by atoms with Crippen molar-refractivity contribution in [1.29, 1.82) is 0 Å². The average molecular weight is 578 g/mol. The number of aryl methyl sites for hydroxylation is 2. The van der Waals surface area contributed by atoms with Gasteiger partial charge in [0.05, 0.1) is 15.3 Å². The van der Waals surface area contributed by atoms with Crippen LogP contribution in [0.1, 0.15) is 65.2 Å². The fraction of sp³-hybridized carbons (Fsp3) is 0.520. The lowest BCUT2D eigenvalue weighted by Crippen LogP contribution is -2.47. The van der Waals surface area contributed by atoms with E-state index in [4.69, 9.17) is 0 Å². The van der Waals surface area contributed by atoms with Crippen LogP contribution >= 0.6 is 11.3 Å². The number of carbonyl (C=O) groups is 2. The van der Waals surface area contributed by atoms with Crippen LogP contribution in [0, 0.1) is 11.7 Å². The fourth-order valence-electron chi connectivity index (χ4n) is 4.20. The number of hydrogen-bond acceptors (Lipinski definition) is 5. The van der Waals surface area contributed by atoms with Crippen LogP contribution in [0.15, 0.2) is 29.2 Å². The highest BCUT2D eigenvalue weighted by Gasteiger charge is 2.37. The SMILES string of the molecule is CC(C)C[C@H](NC(=O)c1cc2c(s1)CCC2)C(=O)NCCCCNS(=O)(=O)c1ccc(F)cc1C(F)(F)F. The molecule has 1 aromatic carbocycles. The normalized spacial score (nSPS) is 14.4. The van der Waals surface area contributed by atoms with Gasteiger partial charge in [-0.2, -0.15) is 13.2 Å². The van der Waals surface area contributed by atoms with E-state index in [1.165, 1.54) is 21.8 Å². The second-order valence-electron chi connectivity index (χ2n) is 9.60. The highest BCUT2D eigenvalue weighted by atomic mass is 32.2. The molecule has 1 atom stereocenters. The van der Waals surface area contributed by atoms with E-state index in [0.717, 1.165) is 19.3 Å². The van der Waals surface area contributed by atoms with Crippen molar-refractivity contribution in [2.75, 3.05) is 13.1 Å². The molecule has 3 rings (SSSR count). The van der Waals surface area contributed by atoms with E-state index in [9.17, 15) is 35.6 Å². The summed E-state index contributed by atoms with van der Waals surface area (Å²) in [5, 5.41) is 5.54. The quantitative estimate of drug-likeness (QED) is 0.257. The van der Waals surface area contributed by atoms with Gasteiger partial charge in [-0.25, -0.2) is 17.5 Å². The second-order valence-corrected chi connectivity index (χ2v) is 12.5. The summed E-state index contributed by atoms with van der Waals surface area (Å²) in [5.41, 5.74) is -0.391. The number of benzene rings is 1. The number of sulfonamides is 1. The van der Waals surface area contributed by atoms with Crippen LogP contribution < -0.4 is 15.4 Å². The van der Waals surface area contributed by atoms with Crippen LogP contribution in [0.3, 0.4) is 0 Å². The Balaban J connectivity index is 1.48. The Kier molecular flexibility index (Phi) is 9.93. The van der Waals surface area contributed by atoms with Crippen LogP contribution in [0.5, 0.6) is 0 Å². The molecule has 0 saturated heterocycles. The molecule has 0 fully saturated rings. The second kappa shape index (κ2) is 12.6. The van der Waals surface area contributed by atoms with Crippen molar-refractivity contribution in [3.63, 3.8) is 0 Å². The van der Waals surface area contributed by atoms with E-state index in [-0.39, 0.29) is 43.3 Å². The zero-order valence-corrected chi connectivity index (χ0v) is 22.7. The molecule has 1 heterocycles. The lowest BCUT2D eigenvalue weighted by atomic mass is 10.0. The smallest absolute Gasteiger partial charge is 0.354 e. The van der Waals surface area contributed by atoms with Gasteiger partial charge in [0.2, 0.25) is 15.9 Å². The Morgan fingerprint density at radius 1 is 1.08 bits per heavy atom. The van der Waals surface area contributed by atoms with Crippen molar-refractivity contribution in [3.05, 3.63) is 51.0 Å². The lowest BCUT2D eigenvalue weighted by molar-refractivity contribution is -0.140. The number of amides is 2. The number of alkyl halides is 3. The Bertz CT molecular complexity index is 1240. The van der Waals surface area contributed by atoms with Crippen LogP contribution in [0.4, 0.5) is 17.6 Å². The maximum absolute atomic E-state index is 13.3. The van der Waals surface area contributed by atoms with Gasteiger partial charge in [0.15, 0.2) is 0 Å². The van der Waals surface area contributed by atoms with Gasteiger partial charge >= 0.3 is 6.18 Å². The molecule has 210 valence electrons. The Labute approximate surface area is 223 Å². The molecule has 2 amide bonds. The van der Waals surface area contributed by atoms with E-state index in [1.807, 2.05) is 19.9 Å². The molecule has 0 spiro atoms. The summed E-state index contributed by atoms with van der Waals surface area (Å²) in [7, 11) is -4.53. The molecule has 0 saturated carbocycles. The molecule has 1 aliphatic carbocycles. The highest BCUT2D eigenvalue weighted by molar-refractivity contribution is 7.89. The van der Waals surface area contributed by atoms with Gasteiger partial charge in [-0.05, 0) is 74.3 Å². The monoisotopic (exact) mass is 577 g/mol. The molecule has 38 heavy (non-hydrogen) atoms. The summed E-state index contributed by atoms with van der Waals surface area (Å²) in [6.07, 6.45) is -1.04. The molecule has 0 aliphatic heterocycles. The maximum Gasteiger partial charge on any atom is 0.417 e. The zero-order valence-electron chi connectivity index (χ0n) is 21.1. The molecule has 2 aromatic rings. The summed E-state index contributed by atoms with van der Waals surface area (Å²) >= 11 is 1.45. The Morgan fingerprint density at radius 3 is 2.45 bits per heavy atom. The minimum Gasteiger partial charge on any atom is -0.354 e. The van der Waals surface area contributed by atoms with E-state index in [1.54, 1.807) is 0 Å². The number of rotatable bonds is 12. The first-order chi connectivity index (χ1) is 17.8. The number of unbranched alkanes of at least 4 members (excludes halogenated alkanes) is 1. The van der Waals surface area contributed by atoms with Crippen molar-refractivity contribution in [2.24, 2.45) is 5.92 Å². The third-order valence-corrected chi connectivity index (χ3v) is 8.79. The van der Waals surface area contributed by atoms with E-state index in [0.29, 0.717) is 29.9 Å². The van der Waals surface area contributed by atoms with Crippen LogP contribution in [0.25, 0.3) is 0 Å². The summed E-state index contributed by atoms with van der Waals surface area (Å²) in [4.78, 5) is 26.2. The van der Waals surface area contributed by atoms with Gasteiger partial charge in [-0.15, -0.1) is 11.3 Å². The summed E-state index contributed by atoms with van der Waals surface area (Å²) in [5.74, 6) is -1.71. The minimum absolute atomic E-state index is 0.141. The molecular weight excluding hydrogens is 546 g/mol. The molecule has 0 bridgehead atoms. The summed E-state index contributed by atoms with van der Waals surface area (Å²) < 4.78 is 79.6. The molecular formula is C25H31F4N3O4S2. The van der Waals surface area contributed by atoms with Gasteiger partial charge in [0.1, 0.15) is 11.9 Å². The van der Waals surface area contributed by atoms with Crippen molar-refractivity contribution in [3.8, 4) is 0 Å². The van der Waals surface area contributed by atoms with Gasteiger partial charge in [0.25, 0.3) is 5.91 Å². The molecule has 0 unspecified atom stereocenters. The Hall–Kier alpha value is -2.51. The van der Waals surface area contributed by atoms with Crippen LogP contribution in [-0.2, 0) is 33.8 Å². The van der Waals surface area contributed by atoms with Crippen molar-refractivity contribution in [2.45, 2.75) is 69.5 Å². The first kappa shape index (κ1) is 30.0. The standard InChI is InChI=1S/C25H31F4N3O4S2/c1-15(2)12-19(32-24(34)21-13-16-6-5-7-20(16)37-21)23(33)30-10-3-4-11-31-38(35,36)22-9-8-17(26)14-18(22)25(27,28)29/h8-9,13-15,19,31H,3-7,10-12H2,1-2H3,(H,30,33)(H,32,34)/t19-/m0/s1. The number of carbonyl (C=O) groups excluding carboxylic acids is 2. The fourth-order valence-corrected chi connectivity index (χ4v) is 6.64. The summed E-state index contributed by atoms with van der Waals surface area (Å²) in [6.45, 7) is 3.87. The molecule has 0 radical (unpaired) electrons. The average Bonchev–Trinajstić information content (AvgIpc) is 3.42.